The van der Waals surface area contributed by atoms with Gasteiger partial charge in [-0.2, -0.15) is 0 Å². The van der Waals surface area contributed by atoms with Crippen molar-refractivity contribution in [1.29, 1.82) is 0 Å². The van der Waals surface area contributed by atoms with E-state index in [4.69, 9.17) is 9.97 Å². The van der Waals surface area contributed by atoms with Gasteiger partial charge in [-0.1, -0.05) is 72.8 Å². The van der Waals surface area contributed by atoms with Gasteiger partial charge in [-0.3, -0.25) is 15.0 Å². The van der Waals surface area contributed by atoms with Crippen LogP contribution >= 0.6 is 0 Å². The van der Waals surface area contributed by atoms with Crippen LogP contribution in [0.15, 0.2) is 141 Å². The molecule has 7 heteroatoms. The van der Waals surface area contributed by atoms with Crippen LogP contribution in [0.5, 0.6) is 0 Å². The fourth-order valence-corrected chi connectivity index (χ4v) is 12.1. The van der Waals surface area contributed by atoms with Gasteiger partial charge < -0.3 is 19.2 Å². The van der Waals surface area contributed by atoms with E-state index >= 15 is 0 Å². The first-order valence-electron chi connectivity index (χ1n) is 21.4. The van der Waals surface area contributed by atoms with Crippen molar-refractivity contribution in [3.63, 3.8) is 0 Å². The molecule has 6 aliphatic rings. The SMILES string of the molecule is C=C[C@H]1C[N+]2(Cc3ccc(-c4ccc(C[N+]56CC[C@@H](C[C@@H]5[C@@H](O)c5ccnc7ccccc57)[C@@H](C=C)C6)cn4)nc3)CC[C@H]1C[C@@H]2[C@@H](O)c1cccc2ccccc12. The average Bonchev–Trinajstić information content (AvgIpc) is 3.28. The lowest BCUT2D eigenvalue weighted by Gasteiger charge is -2.58. The molecule has 12 rings (SSSR count). The quantitative estimate of drug-likeness (QED) is 0.102. The number of benzene rings is 3. The lowest BCUT2D eigenvalue weighted by atomic mass is 9.71. The zero-order valence-electron chi connectivity index (χ0n) is 33.4. The smallest absolute Gasteiger partial charge is 0.131 e. The number of aromatic nitrogens is 3. The molecule has 0 amide bonds. The third kappa shape index (κ3) is 6.40. The molecule has 0 aliphatic carbocycles. The van der Waals surface area contributed by atoms with Crippen molar-refractivity contribution in [2.75, 3.05) is 26.2 Å². The first-order valence-corrected chi connectivity index (χ1v) is 21.4. The van der Waals surface area contributed by atoms with Gasteiger partial charge in [0.1, 0.15) is 37.4 Å². The molecule has 0 spiro atoms. The molecule has 6 fully saturated rings. The second kappa shape index (κ2) is 15.0. The molecular weight excluding hydrogens is 715 g/mol. The Balaban J connectivity index is 0.885. The van der Waals surface area contributed by atoms with Crippen molar-refractivity contribution in [2.45, 2.75) is 63.1 Å². The number of hydrogen-bond acceptors (Lipinski definition) is 5. The van der Waals surface area contributed by atoms with E-state index in [1.807, 2.05) is 42.9 Å². The van der Waals surface area contributed by atoms with E-state index in [2.05, 4.69) is 103 Å². The predicted molar refractivity (Wildman–Crippen MR) is 231 cm³/mol. The summed E-state index contributed by atoms with van der Waals surface area (Å²) in [5.41, 5.74) is 7.02. The fourth-order valence-electron chi connectivity index (χ4n) is 12.1. The Morgan fingerprint density at radius 3 is 1.71 bits per heavy atom. The molecule has 3 aromatic carbocycles. The van der Waals surface area contributed by atoms with Gasteiger partial charge in [0.2, 0.25) is 0 Å². The van der Waals surface area contributed by atoms with Gasteiger partial charge in [-0.05, 0) is 70.1 Å². The normalized spacial score (nSPS) is 30.0. The molecule has 0 saturated carbocycles. The Labute approximate surface area is 342 Å². The third-order valence-electron chi connectivity index (χ3n) is 15.1. The summed E-state index contributed by atoms with van der Waals surface area (Å²) in [7, 11) is 0. The first kappa shape index (κ1) is 37.2. The topological polar surface area (TPSA) is 79.1 Å². The van der Waals surface area contributed by atoms with Crippen LogP contribution < -0.4 is 0 Å². The van der Waals surface area contributed by atoms with Gasteiger partial charge in [0.25, 0.3) is 0 Å². The lowest BCUT2D eigenvalue weighted by Crippen LogP contribution is -2.67. The van der Waals surface area contributed by atoms with Gasteiger partial charge >= 0.3 is 0 Å². The summed E-state index contributed by atoms with van der Waals surface area (Å²) in [5.74, 6) is 2.02. The highest BCUT2D eigenvalue weighted by Gasteiger charge is 2.55. The van der Waals surface area contributed by atoms with E-state index in [9.17, 15) is 10.2 Å². The Morgan fingerprint density at radius 1 is 0.603 bits per heavy atom. The van der Waals surface area contributed by atoms with Crippen molar-refractivity contribution in [1.82, 2.24) is 15.0 Å². The van der Waals surface area contributed by atoms with Crippen molar-refractivity contribution in [2.24, 2.45) is 23.7 Å². The summed E-state index contributed by atoms with van der Waals surface area (Å²) < 4.78 is 1.69. The maximum absolute atomic E-state index is 12.2. The van der Waals surface area contributed by atoms with Crippen LogP contribution in [-0.4, -0.2) is 72.4 Å². The van der Waals surface area contributed by atoms with Gasteiger partial charge in [-0.15, -0.1) is 13.2 Å². The number of pyridine rings is 3. The molecule has 0 radical (unpaired) electrons. The summed E-state index contributed by atoms with van der Waals surface area (Å²) in [6.07, 6.45) is 13.4. The van der Waals surface area contributed by atoms with E-state index in [0.29, 0.717) is 23.7 Å². The van der Waals surface area contributed by atoms with Crippen LogP contribution in [-0.2, 0) is 13.1 Å². The maximum atomic E-state index is 12.2. The molecule has 7 nitrogen and oxygen atoms in total. The standard InChI is InChI=1S/C51H55N5O2/c1-3-36-32-55(24-21-39(36)26-48(55)50(57)43-14-9-11-38-10-5-6-12-41(38)43)30-34-16-18-46(53-28-34)47-19-17-35(29-54-47)31-56-25-22-40(37(4-2)33-56)27-49(56)51(58)44-20-23-52-45-15-8-7-13-42(44)45/h3-20,23,28-29,36-37,39-40,48-51,57-58H,1-2,21-22,24-27,30-33H2/q+2/t36-,37-,39-,40-,48+,49+,50-,51-,55?,56?/m0/s1. The molecule has 4 bridgehead atoms. The van der Waals surface area contributed by atoms with Crippen LogP contribution in [0.1, 0.15) is 60.1 Å². The Kier molecular flexibility index (Phi) is 9.60. The van der Waals surface area contributed by atoms with Crippen molar-refractivity contribution in [3.8, 4) is 11.4 Å². The molecule has 58 heavy (non-hydrogen) atoms. The summed E-state index contributed by atoms with van der Waals surface area (Å²) in [4.78, 5) is 14.6. The van der Waals surface area contributed by atoms with Crippen LogP contribution in [0.4, 0.5) is 0 Å². The summed E-state index contributed by atoms with van der Waals surface area (Å²) in [6.45, 7) is 14.2. The highest BCUT2D eigenvalue weighted by atomic mass is 16.3. The van der Waals surface area contributed by atoms with Gasteiger partial charge in [-0.25, -0.2) is 0 Å². The molecule has 294 valence electrons. The van der Waals surface area contributed by atoms with Crippen LogP contribution in [0.25, 0.3) is 33.1 Å². The number of quaternary nitrogens is 2. The average molecular weight is 770 g/mol. The Hall–Kier alpha value is -5.05. The van der Waals surface area contributed by atoms with Gasteiger partial charge in [0.15, 0.2) is 0 Å². The molecule has 6 aliphatic heterocycles. The molecule has 2 N–H and O–H groups in total. The van der Waals surface area contributed by atoms with E-state index in [-0.39, 0.29) is 12.1 Å². The number of piperidine rings is 6. The fraction of sp³-hybridized carbons (Fsp3) is 0.353. The zero-order chi connectivity index (χ0) is 39.4. The Morgan fingerprint density at radius 2 is 1.14 bits per heavy atom. The van der Waals surface area contributed by atoms with Crippen molar-refractivity contribution < 1.29 is 19.2 Å². The van der Waals surface area contributed by atoms with Crippen LogP contribution in [0.2, 0.25) is 0 Å². The highest BCUT2D eigenvalue weighted by Crippen LogP contribution is 2.49. The van der Waals surface area contributed by atoms with E-state index in [1.54, 1.807) is 0 Å². The molecule has 2 unspecified atom stereocenters. The largest absolute Gasteiger partial charge is 0.382 e. The number of aliphatic hydroxyl groups is 2. The molecule has 9 heterocycles. The minimum Gasteiger partial charge on any atom is -0.382 e. The summed E-state index contributed by atoms with van der Waals surface area (Å²) >= 11 is 0. The van der Waals surface area contributed by atoms with E-state index in [0.717, 1.165) is 113 Å². The minimum absolute atomic E-state index is 0.0845. The molecule has 10 atom stereocenters. The number of fused-ring (bicyclic) bond motifs is 8. The number of aliphatic hydroxyl groups excluding tert-OH is 2. The molecule has 3 aromatic heterocycles. The molecule has 6 saturated heterocycles. The summed E-state index contributed by atoms with van der Waals surface area (Å²) in [6, 6.07) is 33.8. The number of para-hydroxylation sites is 1. The number of rotatable bonds is 11. The van der Waals surface area contributed by atoms with E-state index in [1.165, 1.54) is 16.5 Å². The monoisotopic (exact) mass is 769 g/mol. The lowest BCUT2D eigenvalue weighted by molar-refractivity contribution is -0.985. The molecule has 6 aromatic rings. The van der Waals surface area contributed by atoms with E-state index < -0.39 is 12.2 Å². The van der Waals surface area contributed by atoms with Gasteiger partial charge in [0, 0.05) is 72.6 Å². The number of nitrogens with zero attached hydrogens (tertiary/aromatic N) is 5. The van der Waals surface area contributed by atoms with Crippen LogP contribution in [0.3, 0.4) is 0 Å². The second-order valence-corrected chi connectivity index (χ2v) is 18.0. The van der Waals surface area contributed by atoms with Crippen LogP contribution in [0, 0.1) is 23.7 Å². The Bertz CT molecular complexity index is 2290. The van der Waals surface area contributed by atoms with Crippen molar-refractivity contribution in [3.05, 3.63) is 163 Å². The zero-order valence-corrected chi connectivity index (χ0v) is 33.4. The predicted octanol–water partition coefficient (Wildman–Crippen LogP) is 9.13. The first-order chi connectivity index (χ1) is 28.4. The highest BCUT2D eigenvalue weighted by molar-refractivity contribution is 5.86. The van der Waals surface area contributed by atoms with Gasteiger partial charge in [0.05, 0.1) is 43.1 Å². The number of hydrogen-bond donors (Lipinski definition) is 2. The third-order valence-corrected chi connectivity index (χ3v) is 15.1. The summed E-state index contributed by atoms with van der Waals surface area (Å²) in [5, 5.41) is 27.7. The van der Waals surface area contributed by atoms with Crippen molar-refractivity contribution >= 4 is 21.7 Å². The minimum atomic E-state index is -0.586. The second-order valence-electron chi connectivity index (χ2n) is 18.0. The molecular formula is C51H55N5O2+2. The maximum Gasteiger partial charge on any atom is 0.131 e.